The number of aliphatic imine (C=N–C) groups is 1. The average Bonchev–Trinajstić information content (AvgIpc) is 3.24. The van der Waals surface area contributed by atoms with Crippen molar-refractivity contribution in [3.05, 3.63) is 54.0 Å². The van der Waals surface area contributed by atoms with Crippen LogP contribution < -0.4 is 20.7 Å². The van der Waals surface area contributed by atoms with Crippen LogP contribution in [0.1, 0.15) is 24.8 Å². The van der Waals surface area contributed by atoms with E-state index in [2.05, 4.69) is 15.3 Å². The second-order valence-electron chi connectivity index (χ2n) is 7.38. The van der Waals surface area contributed by atoms with Gasteiger partial charge in [-0.2, -0.15) is 0 Å². The number of halogens is 1. The Kier molecular flexibility index (Phi) is 5.76. The summed E-state index contributed by atoms with van der Waals surface area (Å²) in [5, 5.41) is 2.84. The zero-order valence-electron chi connectivity index (χ0n) is 16.8. The van der Waals surface area contributed by atoms with Gasteiger partial charge in [0.1, 0.15) is 11.5 Å². The highest BCUT2D eigenvalue weighted by Crippen LogP contribution is 2.32. The third-order valence-corrected chi connectivity index (χ3v) is 5.26. The monoisotopic (exact) mass is 409 g/mol. The lowest BCUT2D eigenvalue weighted by atomic mass is 10.1. The lowest BCUT2D eigenvalue weighted by molar-refractivity contribution is -0.110. The van der Waals surface area contributed by atoms with E-state index in [4.69, 9.17) is 10.5 Å². The molecule has 2 aliphatic rings. The summed E-state index contributed by atoms with van der Waals surface area (Å²) >= 11 is 0. The van der Waals surface area contributed by atoms with Gasteiger partial charge in [-0.15, -0.1) is 0 Å². The fourth-order valence-corrected chi connectivity index (χ4v) is 3.78. The molecule has 3 N–H and O–H groups in total. The molecule has 1 fully saturated rings. The number of nitrogens with zero attached hydrogens (tertiary/aromatic N) is 3. The number of anilines is 2. The number of benzene rings is 1. The number of carbonyl (C=O) groups is 1. The molecule has 0 bridgehead atoms. The highest BCUT2D eigenvalue weighted by molar-refractivity contribution is 6.45. The van der Waals surface area contributed by atoms with Gasteiger partial charge < -0.3 is 20.7 Å². The molecule has 4 rings (SSSR count). The summed E-state index contributed by atoms with van der Waals surface area (Å²) in [5.74, 6) is -0.251. The van der Waals surface area contributed by atoms with Crippen molar-refractivity contribution in [2.45, 2.75) is 25.3 Å². The Balaban J connectivity index is 1.53. The fourth-order valence-electron chi connectivity index (χ4n) is 3.78. The molecule has 0 spiro atoms. The molecule has 2 aromatic rings. The normalized spacial score (nSPS) is 18.6. The minimum absolute atomic E-state index is 0.00905. The largest absolute Gasteiger partial charge is 0.481 e. The number of allylic oxidation sites excluding steroid dienone is 1. The predicted molar refractivity (Wildman–Crippen MR) is 115 cm³/mol. The van der Waals surface area contributed by atoms with Gasteiger partial charge in [0.15, 0.2) is 0 Å². The van der Waals surface area contributed by atoms with Crippen LogP contribution in [0, 0.1) is 5.82 Å². The molecular weight excluding hydrogens is 385 g/mol. The Morgan fingerprint density at radius 3 is 3.03 bits per heavy atom. The molecule has 0 radical (unpaired) electrons. The summed E-state index contributed by atoms with van der Waals surface area (Å²) in [6, 6.07) is 8.25. The Labute approximate surface area is 174 Å². The fraction of sp³-hybridized carbons (Fsp3) is 0.318. The summed E-state index contributed by atoms with van der Waals surface area (Å²) in [7, 11) is 1.54. The summed E-state index contributed by atoms with van der Waals surface area (Å²) in [6.07, 6.45) is 5.70. The van der Waals surface area contributed by atoms with Crippen molar-refractivity contribution in [2.24, 2.45) is 10.7 Å². The third kappa shape index (κ3) is 4.18. The van der Waals surface area contributed by atoms with E-state index in [1.54, 1.807) is 31.5 Å². The third-order valence-electron chi connectivity index (χ3n) is 5.26. The van der Waals surface area contributed by atoms with Crippen LogP contribution in [0.25, 0.3) is 5.70 Å². The van der Waals surface area contributed by atoms with E-state index in [0.29, 0.717) is 48.2 Å². The van der Waals surface area contributed by atoms with Gasteiger partial charge in [0.05, 0.1) is 24.2 Å². The molecular formula is C22H24FN5O2. The smallest absolute Gasteiger partial charge is 0.270 e. The zero-order chi connectivity index (χ0) is 21.1. The summed E-state index contributed by atoms with van der Waals surface area (Å²) in [6.45, 7) is 1.26. The van der Waals surface area contributed by atoms with Gasteiger partial charge in [-0.1, -0.05) is 12.1 Å². The molecule has 0 saturated carbocycles. The van der Waals surface area contributed by atoms with Gasteiger partial charge in [-0.05, 0) is 31.0 Å². The van der Waals surface area contributed by atoms with Gasteiger partial charge >= 0.3 is 0 Å². The molecule has 1 aromatic heterocycles. The molecule has 7 nitrogen and oxygen atoms in total. The van der Waals surface area contributed by atoms with E-state index < -0.39 is 0 Å². The average molecular weight is 409 g/mol. The Morgan fingerprint density at radius 1 is 1.37 bits per heavy atom. The molecule has 2 aliphatic heterocycles. The molecule has 1 atom stereocenters. The number of carbonyl (C=O) groups excluding carboxylic acids is 1. The summed E-state index contributed by atoms with van der Waals surface area (Å²) in [5.41, 5.74) is 8.74. The van der Waals surface area contributed by atoms with Crippen LogP contribution in [0.3, 0.4) is 0 Å². The van der Waals surface area contributed by atoms with Crippen LogP contribution in [0.15, 0.2) is 47.6 Å². The van der Waals surface area contributed by atoms with E-state index in [0.717, 1.165) is 18.4 Å². The molecule has 30 heavy (non-hydrogen) atoms. The van der Waals surface area contributed by atoms with Crippen LogP contribution in [-0.4, -0.2) is 42.8 Å². The molecule has 8 heteroatoms. The van der Waals surface area contributed by atoms with Crippen molar-refractivity contribution in [1.29, 1.82) is 0 Å². The van der Waals surface area contributed by atoms with Crippen LogP contribution in [-0.2, 0) is 4.79 Å². The number of methoxy groups -OCH3 is 1. The maximum absolute atomic E-state index is 14.7. The van der Waals surface area contributed by atoms with E-state index in [9.17, 15) is 9.18 Å². The number of piperidine rings is 1. The van der Waals surface area contributed by atoms with Crippen LogP contribution in [0.2, 0.25) is 0 Å². The van der Waals surface area contributed by atoms with Crippen molar-refractivity contribution in [3.8, 4) is 5.88 Å². The van der Waals surface area contributed by atoms with Gasteiger partial charge in [-0.3, -0.25) is 4.79 Å². The first-order valence-electron chi connectivity index (χ1n) is 9.93. The number of aromatic nitrogens is 1. The van der Waals surface area contributed by atoms with Crippen LogP contribution in [0.4, 0.5) is 15.8 Å². The maximum Gasteiger partial charge on any atom is 0.270 e. The van der Waals surface area contributed by atoms with Gasteiger partial charge in [-0.25, -0.2) is 14.4 Å². The van der Waals surface area contributed by atoms with Crippen LogP contribution in [0.5, 0.6) is 5.88 Å². The van der Waals surface area contributed by atoms with Crippen molar-refractivity contribution in [1.82, 2.24) is 4.98 Å². The molecule has 1 saturated heterocycles. The first kappa shape index (κ1) is 20.0. The molecule has 1 amide bonds. The first-order chi connectivity index (χ1) is 14.5. The predicted octanol–water partition coefficient (Wildman–Crippen LogP) is 2.98. The summed E-state index contributed by atoms with van der Waals surface area (Å²) < 4.78 is 19.8. The second kappa shape index (κ2) is 8.62. The van der Waals surface area contributed by atoms with E-state index in [1.807, 2.05) is 17.0 Å². The Bertz CT molecular complexity index is 1020. The number of pyridine rings is 1. The molecule has 0 aliphatic carbocycles. The Hall–Kier alpha value is -3.26. The number of hydrogen-bond acceptors (Lipinski definition) is 6. The van der Waals surface area contributed by atoms with Crippen molar-refractivity contribution < 1.29 is 13.9 Å². The summed E-state index contributed by atoms with van der Waals surface area (Å²) in [4.78, 5) is 23.3. The van der Waals surface area contributed by atoms with Gasteiger partial charge in [0.2, 0.25) is 5.88 Å². The van der Waals surface area contributed by atoms with Gasteiger partial charge in [0.25, 0.3) is 5.91 Å². The standard InChI is InChI=1S/C22H24FN5O2/c1-30-20-12-14(9-10-25-20)17-7-8-19(26-17)22(29)27-18-6-2-5-16(23)21(18)28-11-3-4-15(24)13-28/h2,5-7,9-10,12,15H,3-4,8,11,13,24H2,1H3,(H,27,29)/t15-/m1/s1. The van der Waals surface area contributed by atoms with Crippen molar-refractivity contribution in [2.75, 3.05) is 30.4 Å². The van der Waals surface area contributed by atoms with Gasteiger partial charge in [0, 0.05) is 43.4 Å². The van der Waals surface area contributed by atoms with E-state index in [1.165, 1.54) is 6.07 Å². The van der Waals surface area contributed by atoms with Crippen molar-refractivity contribution in [3.63, 3.8) is 0 Å². The second-order valence-corrected chi connectivity index (χ2v) is 7.38. The number of ether oxygens (including phenoxy) is 1. The van der Waals surface area contributed by atoms with Crippen molar-refractivity contribution >= 4 is 28.7 Å². The number of rotatable bonds is 5. The SMILES string of the molecule is COc1cc(C2=CCC(C(=O)Nc3cccc(F)c3N3CCC[C@@H](N)C3)=N2)ccn1. The number of amides is 1. The van der Waals surface area contributed by atoms with E-state index in [-0.39, 0.29) is 17.8 Å². The zero-order valence-corrected chi connectivity index (χ0v) is 16.8. The number of nitrogens with two attached hydrogens (primary N) is 1. The molecule has 156 valence electrons. The first-order valence-corrected chi connectivity index (χ1v) is 9.93. The van der Waals surface area contributed by atoms with E-state index >= 15 is 0 Å². The quantitative estimate of drug-likeness (QED) is 0.792. The maximum atomic E-state index is 14.7. The minimum atomic E-state index is -0.377. The highest BCUT2D eigenvalue weighted by Gasteiger charge is 2.24. The minimum Gasteiger partial charge on any atom is -0.481 e. The lowest BCUT2D eigenvalue weighted by Gasteiger charge is -2.34. The number of hydrogen-bond donors (Lipinski definition) is 2. The lowest BCUT2D eigenvalue weighted by Crippen LogP contribution is -2.43. The molecule has 3 heterocycles. The highest BCUT2D eigenvalue weighted by atomic mass is 19.1. The molecule has 1 aromatic carbocycles. The van der Waals surface area contributed by atoms with Crippen LogP contribution >= 0.6 is 0 Å². The molecule has 0 unspecified atom stereocenters. The number of para-hydroxylation sites is 1. The number of nitrogens with one attached hydrogen (secondary N) is 1. The Morgan fingerprint density at radius 2 is 2.23 bits per heavy atom. The topological polar surface area (TPSA) is 92.8 Å².